The zero-order chi connectivity index (χ0) is 26.5. The summed E-state index contributed by atoms with van der Waals surface area (Å²) in [5.41, 5.74) is 1.31. The van der Waals surface area contributed by atoms with Gasteiger partial charge in [-0.2, -0.15) is 0 Å². The van der Waals surface area contributed by atoms with Gasteiger partial charge in [-0.05, 0) is 56.0 Å². The van der Waals surface area contributed by atoms with Crippen LogP contribution in [0.2, 0.25) is 0 Å². The number of rotatable bonds is 9. The molecule has 4 rings (SSSR count). The molecular weight excluding hydrogens is 516 g/mol. The van der Waals surface area contributed by atoms with Crippen LogP contribution in [0, 0.1) is 0 Å². The third-order valence-corrected chi connectivity index (χ3v) is 7.37. The first-order chi connectivity index (χ1) is 17.9. The maximum Gasteiger partial charge on any atom is 0.344 e. The van der Waals surface area contributed by atoms with Gasteiger partial charge in [0, 0.05) is 4.88 Å². The monoisotopic (exact) mass is 542 g/mol. The highest BCUT2D eigenvalue weighted by atomic mass is 32.1. The average Bonchev–Trinajstić information content (AvgIpc) is 3.51. The van der Waals surface area contributed by atoms with Crippen molar-refractivity contribution in [2.75, 3.05) is 26.9 Å². The lowest BCUT2D eigenvalue weighted by Gasteiger charge is -2.23. The van der Waals surface area contributed by atoms with Crippen LogP contribution in [0.5, 0.6) is 11.5 Å². The van der Waals surface area contributed by atoms with Gasteiger partial charge in [0.05, 0.1) is 36.1 Å². The second kappa shape index (κ2) is 11.6. The van der Waals surface area contributed by atoms with Crippen molar-refractivity contribution in [3.05, 3.63) is 77.1 Å². The Morgan fingerprint density at radius 2 is 1.92 bits per heavy atom. The van der Waals surface area contributed by atoms with Crippen molar-refractivity contribution in [1.29, 1.82) is 0 Å². The molecule has 3 heterocycles. The fourth-order valence-corrected chi connectivity index (χ4v) is 5.76. The van der Waals surface area contributed by atoms with E-state index in [2.05, 4.69) is 4.99 Å². The molecule has 194 valence electrons. The molecule has 0 unspecified atom stereocenters. The molecule has 1 aliphatic rings. The van der Waals surface area contributed by atoms with Gasteiger partial charge in [0.15, 0.2) is 22.9 Å². The highest BCUT2D eigenvalue weighted by molar-refractivity contribution is 7.10. The van der Waals surface area contributed by atoms with Gasteiger partial charge in [0.2, 0.25) is 0 Å². The van der Waals surface area contributed by atoms with Crippen LogP contribution >= 0.6 is 22.7 Å². The van der Waals surface area contributed by atoms with E-state index >= 15 is 0 Å². The number of benzene rings is 1. The summed E-state index contributed by atoms with van der Waals surface area (Å²) in [5.74, 6) is -0.184. The van der Waals surface area contributed by atoms with Gasteiger partial charge in [-0.15, -0.1) is 11.3 Å². The van der Waals surface area contributed by atoms with Crippen LogP contribution in [0.1, 0.15) is 37.3 Å². The van der Waals surface area contributed by atoms with Crippen molar-refractivity contribution in [3.8, 4) is 11.5 Å². The van der Waals surface area contributed by atoms with E-state index in [1.54, 1.807) is 49.6 Å². The summed E-state index contributed by atoms with van der Waals surface area (Å²) in [5, 5.41) is 1.90. The lowest BCUT2D eigenvalue weighted by molar-refractivity contribution is -0.145. The van der Waals surface area contributed by atoms with E-state index in [0.717, 1.165) is 4.88 Å². The minimum Gasteiger partial charge on any atom is -0.493 e. The Bertz CT molecular complexity index is 1520. The molecule has 0 fully saturated rings. The topological polar surface area (TPSA) is 105 Å². The zero-order valence-electron chi connectivity index (χ0n) is 20.8. The van der Waals surface area contributed by atoms with E-state index in [0.29, 0.717) is 37.7 Å². The predicted octanol–water partition coefficient (Wildman–Crippen LogP) is 2.81. The maximum absolute atomic E-state index is 13.6. The number of aromatic nitrogens is 1. The Labute approximate surface area is 220 Å². The van der Waals surface area contributed by atoms with E-state index in [-0.39, 0.29) is 25.4 Å². The number of esters is 2. The molecule has 2 aromatic heterocycles. The first kappa shape index (κ1) is 26.4. The molecule has 1 aliphatic heterocycles. The van der Waals surface area contributed by atoms with Crippen molar-refractivity contribution in [2.45, 2.75) is 26.8 Å². The minimum atomic E-state index is -0.620. The molecule has 1 atom stereocenters. The van der Waals surface area contributed by atoms with Crippen LogP contribution < -0.4 is 24.4 Å². The molecule has 0 N–H and O–H groups in total. The number of hydrogen-bond donors (Lipinski definition) is 0. The van der Waals surface area contributed by atoms with Gasteiger partial charge in [-0.1, -0.05) is 23.5 Å². The van der Waals surface area contributed by atoms with Crippen LogP contribution in [0.3, 0.4) is 0 Å². The molecule has 9 nitrogen and oxygen atoms in total. The molecular formula is C26H26N2O7S2. The summed E-state index contributed by atoms with van der Waals surface area (Å²) in [6.45, 7) is 5.46. The smallest absolute Gasteiger partial charge is 0.344 e. The Kier molecular flexibility index (Phi) is 8.24. The normalized spacial score (nSPS) is 15.1. The standard InChI is InChI=1S/C26H26N2O7S2/c1-5-33-21(29)14-35-17-10-9-16(12-18(17)32-4)13-20-24(30)28-23(19-8-7-11-36-19)22(25(31)34-6-2)15(3)27-26(28)37-20/h7-13,23H,5-6,14H2,1-4H3/b20-13-/t23-/m1/s1. The SMILES string of the molecule is CCOC(=O)COc1ccc(/C=c2\sc3n(c2=O)[C@H](c2cccs2)C(C(=O)OCC)=C(C)N=3)cc1OC. The molecule has 1 aromatic carbocycles. The number of carbonyl (C=O) groups excluding carboxylic acids is 2. The second-order valence-electron chi connectivity index (χ2n) is 7.82. The molecule has 37 heavy (non-hydrogen) atoms. The summed E-state index contributed by atoms with van der Waals surface area (Å²) in [6, 6.07) is 8.29. The first-order valence-corrected chi connectivity index (χ1v) is 13.3. The summed E-state index contributed by atoms with van der Waals surface area (Å²) in [6.07, 6.45) is 1.73. The van der Waals surface area contributed by atoms with Gasteiger partial charge < -0.3 is 18.9 Å². The third-order valence-electron chi connectivity index (χ3n) is 5.47. The number of hydrogen-bond acceptors (Lipinski definition) is 10. The van der Waals surface area contributed by atoms with E-state index in [9.17, 15) is 14.4 Å². The van der Waals surface area contributed by atoms with Gasteiger partial charge in [0.25, 0.3) is 5.56 Å². The third kappa shape index (κ3) is 5.52. The fourth-order valence-electron chi connectivity index (χ4n) is 3.89. The van der Waals surface area contributed by atoms with Crippen molar-refractivity contribution in [3.63, 3.8) is 0 Å². The molecule has 3 aromatic rings. The number of thiophene rings is 1. The number of thiazole rings is 1. The largest absolute Gasteiger partial charge is 0.493 e. The quantitative estimate of drug-likeness (QED) is 0.383. The fraction of sp³-hybridized carbons (Fsp3) is 0.308. The number of methoxy groups -OCH3 is 1. The molecule has 11 heteroatoms. The minimum absolute atomic E-state index is 0.221. The summed E-state index contributed by atoms with van der Waals surface area (Å²) >= 11 is 2.70. The Hall–Kier alpha value is -3.70. The van der Waals surface area contributed by atoms with Crippen LogP contribution in [-0.2, 0) is 19.1 Å². The summed E-state index contributed by atoms with van der Waals surface area (Å²) < 4.78 is 23.1. The average molecular weight is 543 g/mol. The Morgan fingerprint density at radius 1 is 1.14 bits per heavy atom. The van der Waals surface area contributed by atoms with Crippen molar-refractivity contribution < 1.29 is 28.5 Å². The lowest BCUT2D eigenvalue weighted by atomic mass is 10.0. The van der Waals surface area contributed by atoms with Crippen LogP contribution in [0.15, 0.2) is 56.8 Å². The Morgan fingerprint density at radius 3 is 2.59 bits per heavy atom. The molecule has 0 spiro atoms. The summed E-state index contributed by atoms with van der Waals surface area (Å²) in [4.78, 5) is 44.0. The molecule has 0 amide bonds. The highest BCUT2D eigenvalue weighted by Gasteiger charge is 2.33. The molecule has 0 saturated carbocycles. The van der Waals surface area contributed by atoms with E-state index < -0.39 is 18.0 Å². The number of ether oxygens (including phenoxy) is 4. The number of carbonyl (C=O) groups is 2. The Balaban J connectivity index is 1.75. The van der Waals surface area contributed by atoms with Gasteiger partial charge in [-0.3, -0.25) is 9.36 Å². The molecule has 0 bridgehead atoms. The molecule has 0 saturated heterocycles. The van der Waals surface area contributed by atoms with Gasteiger partial charge in [0.1, 0.15) is 6.04 Å². The second-order valence-corrected chi connectivity index (χ2v) is 9.81. The van der Waals surface area contributed by atoms with Gasteiger partial charge >= 0.3 is 11.9 Å². The van der Waals surface area contributed by atoms with Crippen LogP contribution in [0.25, 0.3) is 6.08 Å². The van der Waals surface area contributed by atoms with Crippen molar-refractivity contribution in [1.82, 2.24) is 4.57 Å². The van der Waals surface area contributed by atoms with Gasteiger partial charge in [-0.25, -0.2) is 14.6 Å². The number of nitrogens with zero attached hydrogens (tertiary/aromatic N) is 2. The number of fused-ring (bicyclic) bond motifs is 1. The summed E-state index contributed by atoms with van der Waals surface area (Å²) in [7, 11) is 1.49. The van der Waals surface area contributed by atoms with E-state index in [1.807, 2.05) is 17.5 Å². The van der Waals surface area contributed by atoms with E-state index in [4.69, 9.17) is 18.9 Å². The zero-order valence-corrected chi connectivity index (χ0v) is 22.4. The van der Waals surface area contributed by atoms with E-state index in [1.165, 1.54) is 29.8 Å². The van der Waals surface area contributed by atoms with Crippen LogP contribution in [0.4, 0.5) is 0 Å². The number of allylic oxidation sites excluding steroid dienone is 1. The first-order valence-electron chi connectivity index (χ1n) is 11.6. The molecule has 0 radical (unpaired) electrons. The lowest BCUT2D eigenvalue weighted by Crippen LogP contribution is -2.39. The van der Waals surface area contributed by atoms with Crippen LogP contribution in [-0.4, -0.2) is 43.4 Å². The predicted molar refractivity (Wildman–Crippen MR) is 140 cm³/mol. The van der Waals surface area contributed by atoms with Crippen molar-refractivity contribution >= 4 is 40.7 Å². The van der Waals surface area contributed by atoms with Crippen molar-refractivity contribution in [2.24, 2.45) is 4.99 Å². The molecule has 0 aliphatic carbocycles. The highest BCUT2D eigenvalue weighted by Crippen LogP contribution is 2.33. The maximum atomic E-state index is 13.6.